The summed E-state index contributed by atoms with van der Waals surface area (Å²) in [7, 11) is 0. The molecule has 2 unspecified atom stereocenters. The summed E-state index contributed by atoms with van der Waals surface area (Å²) in [6, 6.07) is 19.6. The molecule has 1 fully saturated rings. The van der Waals surface area contributed by atoms with Crippen molar-refractivity contribution in [3.05, 3.63) is 94.8 Å². The molecule has 0 saturated heterocycles. The molecule has 1 heterocycles. The van der Waals surface area contributed by atoms with Crippen LogP contribution in [-0.4, -0.2) is 35.8 Å². The molecule has 1 aliphatic carbocycles. The third-order valence-electron chi connectivity index (χ3n) is 6.65. The van der Waals surface area contributed by atoms with E-state index >= 15 is 0 Å². The van der Waals surface area contributed by atoms with Gasteiger partial charge in [-0.2, -0.15) is 0 Å². The molecule has 174 valence electrons. The SMILES string of the molecule is Nc1ccccc1NC(=O)c1ccc2c(c1)CN(C(=O)CNC1CC1c1ccc(F)cc1)CC2. The molecule has 0 aromatic heterocycles. The van der Waals surface area contributed by atoms with Crippen molar-refractivity contribution in [2.75, 3.05) is 24.1 Å². The quantitative estimate of drug-likeness (QED) is 0.492. The predicted molar refractivity (Wildman–Crippen MR) is 130 cm³/mol. The summed E-state index contributed by atoms with van der Waals surface area (Å²) in [6.45, 7) is 1.41. The smallest absolute Gasteiger partial charge is 0.255 e. The van der Waals surface area contributed by atoms with Gasteiger partial charge in [0, 0.05) is 30.6 Å². The van der Waals surface area contributed by atoms with E-state index < -0.39 is 0 Å². The Kier molecular flexibility index (Phi) is 6.02. The first-order valence-electron chi connectivity index (χ1n) is 11.5. The first-order valence-corrected chi connectivity index (χ1v) is 11.5. The fraction of sp³-hybridized carbons (Fsp3) is 0.259. The van der Waals surface area contributed by atoms with Gasteiger partial charge in [0.1, 0.15) is 5.82 Å². The van der Waals surface area contributed by atoms with Crippen molar-refractivity contribution in [2.45, 2.75) is 31.3 Å². The molecule has 2 aliphatic rings. The van der Waals surface area contributed by atoms with Crippen LogP contribution in [0.3, 0.4) is 0 Å². The van der Waals surface area contributed by atoms with Crippen LogP contribution in [-0.2, 0) is 17.8 Å². The molecule has 3 aromatic carbocycles. The van der Waals surface area contributed by atoms with E-state index in [0.29, 0.717) is 35.9 Å². The Morgan fingerprint density at radius 1 is 1.03 bits per heavy atom. The van der Waals surface area contributed by atoms with Gasteiger partial charge in [0.15, 0.2) is 0 Å². The largest absolute Gasteiger partial charge is 0.397 e. The first-order chi connectivity index (χ1) is 16.5. The number of hydrogen-bond donors (Lipinski definition) is 3. The number of nitrogens with zero attached hydrogens (tertiary/aromatic N) is 1. The summed E-state index contributed by atoms with van der Waals surface area (Å²) >= 11 is 0. The van der Waals surface area contributed by atoms with Gasteiger partial charge >= 0.3 is 0 Å². The Morgan fingerprint density at radius 3 is 2.62 bits per heavy atom. The molecule has 7 heteroatoms. The highest BCUT2D eigenvalue weighted by Crippen LogP contribution is 2.40. The minimum absolute atomic E-state index is 0.0438. The summed E-state index contributed by atoms with van der Waals surface area (Å²) in [4.78, 5) is 27.4. The van der Waals surface area contributed by atoms with E-state index in [1.165, 1.54) is 12.1 Å². The van der Waals surface area contributed by atoms with Crippen LogP contribution in [0.4, 0.5) is 15.8 Å². The van der Waals surface area contributed by atoms with Gasteiger partial charge in [-0.25, -0.2) is 4.39 Å². The lowest BCUT2D eigenvalue weighted by Crippen LogP contribution is -2.41. The molecule has 1 saturated carbocycles. The number of carbonyl (C=O) groups excluding carboxylic acids is 2. The predicted octanol–water partition coefficient (Wildman–Crippen LogP) is 3.69. The number of nitrogens with two attached hydrogens (primary N) is 1. The van der Waals surface area contributed by atoms with Crippen LogP contribution >= 0.6 is 0 Å². The highest BCUT2D eigenvalue weighted by atomic mass is 19.1. The summed E-state index contributed by atoms with van der Waals surface area (Å²) in [5, 5.41) is 6.19. The number of fused-ring (bicyclic) bond motifs is 1. The van der Waals surface area contributed by atoms with Gasteiger partial charge in [-0.15, -0.1) is 0 Å². The van der Waals surface area contributed by atoms with Crippen LogP contribution in [0.1, 0.15) is 39.4 Å². The minimum Gasteiger partial charge on any atom is -0.397 e. The topological polar surface area (TPSA) is 87.5 Å². The van der Waals surface area contributed by atoms with E-state index in [1.54, 1.807) is 12.1 Å². The van der Waals surface area contributed by atoms with Crippen LogP contribution in [0.25, 0.3) is 0 Å². The van der Waals surface area contributed by atoms with E-state index in [2.05, 4.69) is 10.6 Å². The van der Waals surface area contributed by atoms with Crippen molar-refractivity contribution in [1.29, 1.82) is 0 Å². The number of nitrogen functional groups attached to an aromatic ring is 1. The van der Waals surface area contributed by atoms with E-state index in [-0.39, 0.29) is 30.2 Å². The standard InChI is InChI=1S/C27H27FN4O2/c28-21-9-7-18(8-10-21)22-14-25(22)30-15-26(33)32-12-11-17-5-6-19(13-20(17)16-32)27(34)31-24-4-2-1-3-23(24)29/h1-10,13,22,25,30H,11-12,14-16,29H2,(H,31,34). The Hall–Kier alpha value is -3.71. The number of halogens is 1. The molecule has 0 spiro atoms. The fourth-order valence-electron chi connectivity index (χ4n) is 4.55. The van der Waals surface area contributed by atoms with Crippen molar-refractivity contribution in [2.24, 2.45) is 0 Å². The highest BCUT2D eigenvalue weighted by molar-refractivity contribution is 6.05. The van der Waals surface area contributed by atoms with Gasteiger partial charge in [0.05, 0.1) is 17.9 Å². The maximum Gasteiger partial charge on any atom is 0.255 e. The van der Waals surface area contributed by atoms with Crippen molar-refractivity contribution in [1.82, 2.24) is 10.2 Å². The zero-order valence-corrected chi connectivity index (χ0v) is 18.8. The average Bonchev–Trinajstić information content (AvgIpc) is 3.63. The molecule has 2 atom stereocenters. The Morgan fingerprint density at radius 2 is 1.82 bits per heavy atom. The molecular weight excluding hydrogens is 431 g/mol. The highest BCUT2D eigenvalue weighted by Gasteiger charge is 2.38. The molecular formula is C27H27FN4O2. The molecule has 34 heavy (non-hydrogen) atoms. The Bertz CT molecular complexity index is 1230. The lowest BCUT2D eigenvalue weighted by atomic mass is 9.97. The average molecular weight is 459 g/mol. The van der Waals surface area contributed by atoms with Crippen LogP contribution in [0.2, 0.25) is 0 Å². The van der Waals surface area contributed by atoms with Crippen LogP contribution in [0.15, 0.2) is 66.7 Å². The second-order valence-electron chi connectivity index (χ2n) is 8.97. The monoisotopic (exact) mass is 458 g/mol. The first kappa shape index (κ1) is 22.1. The fourth-order valence-corrected chi connectivity index (χ4v) is 4.55. The Labute approximate surface area is 198 Å². The van der Waals surface area contributed by atoms with Crippen molar-refractivity contribution < 1.29 is 14.0 Å². The molecule has 4 N–H and O–H groups in total. The Balaban J connectivity index is 1.17. The zero-order chi connectivity index (χ0) is 23.7. The number of nitrogens with one attached hydrogen (secondary N) is 2. The summed E-state index contributed by atoms with van der Waals surface area (Å²) in [5.41, 5.74) is 10.8. The number of benzene rings is 3. The second kappa shape index (κ2) is 9.27. The molecule has 2 amide bonds. The maximum absolute atomic E-state index is 13.1. The minimum atomic E-state index is -0.237. The third kappa shape index (κ3) is 4.79. The molecule has 0 bridgehead atoms. The van der Waals surface area contributed by atoms with Gasteiger partial charge in [0.2, 0.25) is 5.91 Å². The molecule has 0 radical (unpaired) electrons. The van der Waals surface area contributed by atoms with Crippen molar-refractivity contribution >= 4 is 23.2 Å². The number of anilines is 2. The number of carbonyl (C=O) groups is 2. The number of para-hydroxylation sites is 2. The van der Waals surface area contributed by atoms with Crippen LogP contribution in [0.5, 0.6) is 0 Å². The third-order valence-corrected chi connectivity index (χ3v) is 6.65. The zero-order valence-electron chi connectivity index (χ0n) is 18.8. The summed E-state index contributed by atoms with van der Waals surface area (Å²) < 4.78 is 13.1. The lowest BCUT2D eigenvalue weighted by molar-refractivity contribution is -0.131. The van der Waals surface area contributed by atoms with Gasteiger partial charge in [-0.05, 0) is 65.9 Å². The molecule has 5 rings (SSSR count). The van der Waals surface area contributed by atoms with Gasteiger partial charge in [-0.3, -0.25) is 9.59 Å². The van der Waals surface area contributed by atoms with Crippen LogP contribution in [0, 0.1) is 5.82 Å². The molecule has 6 nitrogen and oxygen atoms in total. The van der Waals surface area contributed by atoms with E-state index in [9.17, 15) is 14.0 Å². The summed E-state index contributed by atoms with van der Waals surface area (Å²) in [6.07, 6.45) is 1.71. The number of rotatable bonds is 6. The van der Waals surface area contributed by atoms with E-state index in [1.807, 2.05) is 47.4 Å². The van der Waals surface area contributed by atoms with Crippen molar-refractivity contribution in [3.63, 3.8) is 0 Å². The van der Waals surface area contributed by atoms with E-state index in [4.69, 9.17) is 5.73 Å². The van der Waals surface area contributed by atoms with Gasteiger partial charge in [0.25, 0.3) is 5.91 Å². The lowest BCUT2D eigenvalue weighted by Gasteiger charge is -2.29. The number of amides is 2. The van der Waals surface area contributed by atoms with Crippen molar-refractivity contribution in [3.8, 4) is 0 Å². The van der Waals surface area contributed by atoms with Gasteiger partial charge in [-0.1, -0.05) is 30.3 Å². The maximum atomic E-state index is 13.1. The normalized spacial score (nSPS) is 18.8. The van der Waals surface area contributed by atoms with E-state index in [0.717, 1.165) is 29.5 Å². The summed E-state index contributed by atoms with van der Waals surface area (Å²) in [5.74, 6) is -0.0942. The number of hydrogen-bond acceptors (Lipinski definition) is 4. The second-order valence-corrected chi connectivity index (χ2v) is 8.97. The van der Waals surface area contributed by atoms with Gasteiger partial charge < -0.3 is 21.3 Å². The molecule has 1 aliphatic heterocycles. The molecule has 3 aromatic rings. The van der Waals surface area contributed by atoms with Crippen LogP contribution < -0.4 is 16.4 Å².